The summed E-state index contributed by atoms with van der Waals surface area (Å²) in [6.45, 7) is 6.24. The fraction of sp³-hybridized carbons (Fsp3) is 0.652. The Morgan fingerprint density at radius 1 is 1.19 bits per heavy atom. The van der Waals surface area contributed by atoms with Gasteiger partial charge in [-0.3, -0.25) is 19.4 Å². The molecule has 176 valence electrons. The number of methoxy groups -OCH3 is 1. The predicted octanol–water partition coefficient (Wildman–Crippen LogP) is 0.848. The second kappa shape index (κ2) is 10.6. The van der Waals surface area contributed by atoms with Gasteiger partial charge in [0, 0.05) is 63.5 Å². The highest BCUT2D eigenvalue weighted by Crippen LogP contribution is 2.22. The molecule has 4 rings (SSSR count). The molecular weight excluding hydrogens is 415 g/mol. The summed E-state index contributed by atoms with van der Waals surface area (Å²) in [6, 6.07) is 4.64. The van der Waals surface area contributed by atoms with Gasteiger partial charge >= 0.3 is 0 Å². The zero-order chi connectivity index (χ0) is 22.5. The number of halogens is 1. The molecule has 1 N–H and O–H groups in total. The SMILES string of the molecule is COc1ccc(CN2CCNC(=O)[C@H]2CC(=O)N2CCC(N3CCOCC3)CC2)c(F)c1. The average molecular weight is 449 g/mol. The van der Waals surface area contributed by atoms with Crippen molar-refractivity contribution in [2.24, 2.45) is 0 Å². The Balaban J connectivity index is 1.34. The Morgan fingerprint density at radius 3 is 2.62 bits per heavy atom. The summed E-state index contributed by atoms with van der Waals surface area (Å²) in [6.07, 6.45) is 2.01. The molecule has 8 nitrogen and oxygen atoms in total. The topological polar surface area (TPSA) is 74.4 Å². The first-order chi connectivity index (χ1) is 15.5. The van der Waals surface area contributed by atoms with E-state index in [1.165, 1.54) is 13.2 Å². The molecule has 0 aromatic heterocycles. The van der Waals surface area contributed by atoms with E-state index in [4.69, 9.17) is 9.47 Å². The highest BCUT2D eigenvalue weighted by molar-refractivity contribution is 5.88. The minimum atomic E-state index is -0.588. The first kappa shape index (κ1) is 22.9. The molecule has 0 saturated carbocycles. The molecule has 3 aliphatic heterocycles. The second-order valence-corrected chi connectivity index (χ2v) is 8.70. The highest BCUT2D eigenvalue weighted by Gasteiger charge is 2.35. The van der Waals surface area contributed by atoms with Gasteiger partial charge in [0.2, 0.25) is 11.8 Å². The summed E-state index contributed by atoms with van der Waals surface area (Å²) in [4.78, 5) is 31.9. The number of morpholine rings is 1. The summed E-state index contributed by atoms with van der Waals surface area (Å²) >= 11 is 0. The molecule has 3 aliphatic rings. The number of ether oxygens (including phenoxy) is 2. The highest BCUT2D eigenvalue weighted by atomic mass is 19.1. The van der Waals surface area contributed by atoms with Crippen molar-refractivity contribution in [1.29, 1.82) is 0 Å². The number of piperazine rings is 1. The summed E-state index contributed by atoms with van der Waals surface area (Å²) in [7, 11) is 1.49. The van der Waals surface area contributed by atoms with Gasteiger partial charge in [0.05, 0.1) is 32.8 Å². The van der Waals surface area contributed by atoms with Crippen LogP contribution >= 0.6 is 0 Å². The van der Waals surface area contributed by atoms with Crippen LogP contribution in [0.5, 0.6) is 5.75 Å². The number of hydrogen-bond donors (Lipinski definition) is 1. The zero-order valence-electron chi connectivity index (χ0n) is 18.7. The van der Waals surface area contributed by atoms with Gasteiger partial charge in [-0.1, -0.05) is 6.07 Å². The number of nitrogens with one attached hydrogen (secondary N) is 1. The van der Waals surface area contributed by atoms with E-state index in [1.54, 1.807) is 12.1 Å². The smallest absolute Gasteiger partial charge is 0.237 e. The van der Waals surface area contributed by atoms with E-state index in [0.717, 1.165) is 39.1 Å². The molecule has 1 aromatic rings. The first-order valence-corrected chi connectivity index (χ1v) is 11.5. The molecule has 3 fully saturated rings. The van der Waals surface area contributed by atoms with Gasteiger partial charge in [0.1, 0.15) is 11.6 Å². The Kier molecular flexibility index (Phi) is 7.59. The molecule has 2 amide bonds. The lowest BCUT2D eigenvalue weighted by Crippen LogP contribution is -2.57. The molecule has 9 heteroatoms. The molecule has 0 bridgehead atoms. The van der Waals surface area contributed by atoms with Crippen LogP contribution < -0.4 is 10.1 Å². The molecule has 0 radical (unpaired) electrons. The summed E-state index contributed by atoms with van der Waals surface area (Å²) < 4.78 is 25.0. The summed E-state index contributed by atoms with van der Waals surface area (Å²) in [5.74, 6) is -0.0881. The van der Waals surface area contributed by atoms with Crippen LogP contribution in [0.3, 0.4) is 0 Å². The van der Waals surface area contributed by atoms with Gasteiger partial charge in [-0.15, -0.1) is 0 Å². The van der Waals surface area contributed by atoms with Gasteiger partial charge in [0.25, 0.3) is 0 Å². The van der Waals surface area contributed by atoms with Crippen LogP contribution in [0.15, 0.2) is 18.2 Å². The molecule has 32 heavy (non-hydrogen) atoms. The van der Waals surface area contributed by atoms with Crippen molar-refractivity contribution in [3.63, 3.8) is 0 Å². The number of rotatable bonds is 6. The van der Waals surface area contributed by atoms with Crippen LogP contribution in [0.25, 0.3) is 0 Å². The van der Waals surface area contributed by atoms with Gasteiger partial charge in [0.15, 0.2) is 0 Å². The minimum absolute atomic E-state index is 0.00678. The van der Waals surface area contributed by atoms with E-state index in [2.05, 4.69) is 10.2 Å². The zero-order valence-corrected chi connectivity index (χ0v) is 18.7. The second-order valence-electron chi connectivity index (χ2n) is 8.70. The maximum absolute atomic E-state index is 14.5. The minimum Gasteiger partial charge on any atom is -0.497 e. The Hall–Kier alpha value is -2.23. The summed E-state index contributed by atoms with van der Waals surface area (Å²) in [5, 5.41) is 2.86. The molecule has 0 unspecified atom stereocenters. The molecule has 1 atom stereocenters. The summed E-state index contributed by atoms with van der Waals surface area (Å²) in [5.41, 5.74) is 0.490. The number of piperidine rings is 1. The quantitative estimate of drug-likeness (QED) is 0.696. The fourth-order valence-electron chi connectivity index (χ4n) is 4.89. The number of benzene rings is 1. The van der Waals surface area contributed by atoms with E-state index in [-0.39, 0.29) is 30.6 Å². The van der Waals surface area contributed by atoms with Crippen LogP contribution in [0.4, 0.5) is 4.39 Å². The lowest BCUT2D eigenvalue weighted by atomic mass is 10.0. The number of nitrogens with zero attached hydrogens (tertiary/aromatic N) is 3. The van der Waals surface area contributed by atoms with Gasteiger partial charge in [-0.05, 0) is 18.9 Å². The predicted molar refractivity (Wildman–Crippen MR) is 117 cm³/mol. The van der Waals surface area contributed by atoms with Crippen molar-refractivity contribution < 1.29 is 23.5 Å². The number of amides is 2. The third kappa shape index (κ3) is 5.39. The van der Waals surface area contributed by atoms with Crippen LogP contribution in [0.1, 0.15) is 24.8 Å². The Labute approximate surface area is 188 Å². The third-order valence-electron chi connectivity index (χ3n) is 6.82. The van der Waals surface area contributed by atoms with Crippen molar-refractivity contribution in [1.82, 2.24) is 20.0 Å². The number of carbonyl (C=O) groups is 2. The van der Waals surface area contributed by atoms with Crippen molar-refractivity contribution in [2.45, 2.75) is 37.9 Å². The molecule has 3 saturated heterocycles. The number of carbonyl (C=O) groups excluding carboxylic acids is 2. The first-order valence-electron chi connectivity index (χ1n) is 11.5. The van der Waals surface area contributed by atoms with Gasteiger partial charge in [-0.25, -0.2) is 4.39 Å². The van der Waals surface area contributed by atoms with E-state index in [9.17, 15) is 14.0 Å². The third-order valence-corrected chi connectivity index (χ3v) is 6.82. The van der Waals surface area contributed by atoms with Crippen molar-refractivity contribution >= 4 is 11.8 Å². The molecule has 3 heterocycles. The average Bonchev–Trinajstić information content (AvgIpc) is 2.83. The lowest BCUT2D eigenvalue weighted by Gasteiger charge is -2.41. The van der Waals surface area contributed by atoms with E-state index >= 15 is 0 Å². The maximum atomic E-state index is 14.5. The number of likely N-dealkylation sites (tertiary alicyclic amines) is 1. The van der Waals surface area contributed by atoms with Crippen molar-refractivity contribution in [3.8, 4) is 5.75 Å². The van der Waals surface area contributed by atoms with Gasteiger partial charge in [-0.2, -0.15) is 0 Å². The van der Waals surface area contributed by atoms with Crippen LogP contribution in [0, 0.1) is 5.82 Å². The molecule has 1 aromatic carbocycles. The van der Waals surface area contributed by atoms with Crippen molar-refractivity contribution in [3.05, 3.63) is 29.6 Å². The molecule has 0 spiro atoms. The maximum Gasteiger partial charge on any atom is 0.237 e. The van der Waals surface area contributed by atoms with Crippen LogP contribution in [0.2, 0.25) is 0 Å². The van der Waals surface area contributed by atoms with Crippen LogP contribution in [-0.4, -0.2) is 98.2 Å². The fourth-order valence-corrected chi connectivity index (χ4v) is 4.89. The Bertz CT molecular complexity index is 809. The van der Waals surface area contributed by atoms with E-state index < -0.39 is 6.04 Å². The monoisotopic (exact) mass is 448 g/mol. The lowest BCUT2D eigenvalue weighted by molar-refractivity contribution is -0.140. The normalized spacial score (nSPS) is 23.8. The Morgan fingerprint density at radius 2 is 1.94 bits per heavy atom. The molecule has 0 aliphatic carbocycles. The largest absolute Gasteiger partial charge is 0.497 e. The standard InChI is InChI=1S/C23H33FN4O4/c1-31-19-3-2-17(20(24)14-19)16-28-9-6-25-23(30)21(28)15-22(29)27-7-4-18(5-8-27)26-10-12-32-13-11-26/h2-3,14,18,21H,4-13,15-16H2,1H3,(H,25,30)/t21-/m1/s1. The van der Waals surface area contributed by atoms with E-state index in [1.807, 2.05) is 9.80 Å². The molecular formula is C23H33FN4O4. The van der Waals surface area contributed by atoms with Crippen LogP contribution in [-0.2, 0) is 20.9 Å². The van der Waals surface area contributed by atoms with Gasteiger partial charge < -0.3 is 19.7 Å². The van der Waals surface area contributed by atoms with Crippen molar-refractivity contribution in [2.75, 3.05) is 59.6 Å². The number of hydrogen-bond acceptors (Lipinski definition) is 6. The van der Waals surface area contributed by atoms with E-state index in [0.29, 0.717) is 43.5 Å².